The van der Waals surface area contributed by atoms with Crippen LogP contribution in [0, 0.1) is 0 Å². The fraction of sp³-hybridized carbons (Fsp3) is 0.143. The Morgan fingerprint density at radius 2 is 1.90 bits per heavy atom. The summed E-state index contributed by atoms with van der Waals surface area (Å²) in [6.07, 6.45) is 1.48. The molecular formula is C14H11F2NO3. The first-order valence-corrected chi connectivity index (χ1v) is 5.70. The molecule has 6 heteroatoms. The maximum Gasteiger partial charge on any atom is 0.387 e. The van der Waals surface area contributed by atoms with Gasteiger partial charge < -0.3 is 9.47 Å². The largest absolute Gasteiger partial charge is 0.494 e. The molecule has 0 unspecified atom stereocenters. The van der Waals surface area contributed by atoms with Gasteiger partial charge in [-0.05, 0) is 36.4 Å². The molecule has 0 spiro atoms. The molecule has 0 saturated carbocycles. The van der Waals surface area contributed by atoms with E-state index in [1.165, 1.54) is 37.6 Å². The molecule has 104 valence electrons. The molecule has 0 amide bonds. The Balaban J connectivity index is 2.25. The maximum atomic E-state index is 12.2. The molecule has 1 aromatic heterocycles. The molecule has 0 radical (unpaired) electrons. The number of hydrogen-bond acceptors (Lipinski definition) is 4. The summed E-state index contributed by atoms with van der Waals surface area (Å²) >= 11 is 0. The molecule has 0 atom stereocenters. The van der Waals surface area contributed by atoms with Crippen LogP contribution in [-0.4, -0.2) is 24.5 Å². The Labute approximate surface area is 114 Å². The summed E-state index contributed by atoms with van der Waals surface area (Å²) in [6, 6.07) is 8.66. The third-order valence-electron chi connectivity index (χ3n) is 2.55. The number of carbonyl (C=O) groups excluding carboxylic acids is 1. The lowest BCUT2D eigenvalue weighted by Crippen LogP contribution is -2.07. The van der Waals surface area contributed by atoms with Crippen molar-refractivity contribution in [2.24, 2.45) is 0 Å². The molecule has 0 saturated heterocycles. The van der Waals surface area contributed by atoms with Gasteiger partial charge in [0, 0.05) is 11.8 Å². The second-order valence-electron chi connectivity index (χ2n) is 3.79. The third-order valence-corrected chi connectivity index (χ3v) is 2.55. The number of aromatic nitrogens is 1. The SMILES string of the molecule is COc1cccnc1C(=O)c1ccc(OC(F)F)cc1. The molecule has 0 aliphatic heterocycles. The topological polar surface area (TPSA) is 48.4 Å². The first kappa shape index (κ1) is 13.9. The van der Waals surface area contributed by atoms with Crippen LogP contribution in [0.25, 0.3) is 0 Å². The predicted molar refractivity (Wildman–Crippen MR) is 67.3 cm³/mol. The van der Waals surface area contributed by atoms with Crippen molar-refractivity contribution in [3.63, 3.8) is 0 Å². The van der Waals surface area contributed by atoms with Crippen molar-refractivity contribution >= 4 is 5.78 Å². The van der Waals surface area contributed by atoms with Gasteiger partial charge >= 0.3 is 6.61 Å². The lowest BCUT2D eigenvalue weighted by molar-refractivity contribution is -0.0498. The van der Waals surface area contributed by atoms with Crippen LogP contribution >= 0.6 is 0 Å². The number of carbonyl (C=O) groups is 1. The van der Waals surface area contributed by atoms with Gasteiger partial charge in [0.15, 0.2) is 5.69 Å². The fourth-order valence-corrected chi connectivity index (χ4v) is 1.65. The lowest BCUT2D eigenvalue weighted by atomic mass is 10.1. The Morgan fingerprint density at radius 3 is 2.50 bits per heavy atom. The van der Waals surface area contributed by atoms with Gasteiger partial charge in [0.05, 0.1) is 7.11 Å². The van der Waals surface area contributed by atoms with E-state index in [1.807, 2.05) is 0 Å². The number of halogens is 2. The minimum Gasteiger partial charge on any atom is -0.494 e. The van der Waals surface area contributed by atoms with Crippen LogP contribution in [-0.2, 0) is 0 Å². The summed E-state index contributed by atoms with van der Waals surface area (Å²) in [5, 5.41) is 0. The third kappa shape index (κ3) is 3.09. The number of pyridine rings is 1. The highest BCUT2D eigenvalue weighted by Gasteiger charge is 2.16. The van der Waals surface area contributed by atoms with E-state index >= 15 is 0 Å². The smallest absolute Gasteiger partial charge is 0.387 e. The van der Waals surface area contributed by atoms with E-state index in [4.69, 9.17) is 4.74 Å². The molecule has 20 heavy (non-hydrogen) atoms. The first-order chi connectivity index (χ1) is 9.61. The Hall–Kier alpha value is -2.50. The van der Waals surface area contributed by atoms with Gasteiger partial charge in [-0.2, -0.15) is 8.78 Å². The molecule has 0 aliphatic carbocycles. The van der Waals surface area contributed by atoms with Crippen LogP contribution in [0.2, 0.25) is 0 Å². The van der Waals surface area contributed by atoms with E-state index < -0.39 is 6.61 Å². The van der Waals surface area contributed by atoms with Crippen molar-refractivity contribution in [3.05, 3.63) is 53.9 Å². The van der Waals surface area contributed by atoms with Crippen molar-refractivity contribution in [2.75, 3.05) is 7.11 Å². The summed E-state index contributed by atoms with van der Waals surface area (Å²) in [5.74, 6) is -0.0130. The maximum absolute atomic E-state index is 12.2. The standard InChI is InChI=1S/C14H11F2NO3/c1-19-11-3-2-8-17-12(11)13(18)9-4-6-10(7-5-9)20-14(15)16/h2-8,14H,1H3. The molecule has 0 aliphatic rings. The number of nitrogens with zero attached hydrogens (tertiary/aromatic N) is 1. The van der Waals surface area contributed by atoms with E-state index in [0.29, 0.717) is 11.3 Å². The number of methoxy groups -OCH3 is 1. The number of ketones is 1. The van der Waals surface area contributed by atoms with Gasteiger partial charge in [-0.25, -0.2) is 4.98 Å². The molecule has 0 N–H and O–H groups in total. The second-order valence-corrected chi connectivity index (χ2v) is 3.79. The average Bonchev–Trinajstić information content (AvgIpc) is 2.46. The van der Waals surface area contributed by atoms with Gasteiger partial charge in [0.1, 0.15) is 11.5 Å². The van der Waals surface area contributed by atoms with Crippen molar-refractivity contribution in [2.45, 2.75) is 6.61 Å². The van der Waals surface area contributed by atoms with E-state index in [9.17, 15) is 13.6 Å². The first-order valence-electron chi connectivity index (χ1n) is 5.70. The van der Waals surface area contributed by atoms with Gasteiger partial charge in [0.2, 0.25) is 5.78 Å². The van der Waals surface area contributed by atoms with Crippen LogP contribution in [0.5, 0.6) is 11.5 Å². The summed E-state index contributed by atoms with van der Waals surface area (Å²) in [7, 11) is 1.44. The van der Waals surface area contributed by atoms with E-state index in [1.54, 1.807) is 12.1 Å². The molecule has 0 fully saturated rings. The molecule has 0 bridgehead atoms. The van der Waals surface area contributed by atoms with Crippen LogP contribution < -0.4 is 9.47 Å². The van der Waals surface area contributed by atoms with Crippen LogP contribution in [0.15, 0.2) is 42.6 Å². The number of ether oxygens (including phenoxy) is 2. The van der Waals surface area contributed by atoms with Gasteiger partial charge in [-0.15, -0.1) is 0 Å². The van der Waals surface area contributed by atoms with Crippen LogP contribution in [0.4, 0.5) is 8.78 Å². The van der Waals surface area contributed by atoms with Gasteiger partial charge in [-0.3, -0.25) is 4.79 Å². The zero-order valence-electron chi connectivity index (χ0n) is 10.5. The van der Waals surface area contributed by atoms with Crippen molar-refractivity contribution in [3.8, 4) is 11.5 Å². The highest BCUT2D eigenvalue weighted by Crippen LogP contribution is 2.21. The van der Waals surface area contributed by atoms with E-state index in [2.05, 4.69) is 9.72 Å². The molecule has 1 aromatic carbocycles. The zero-order chi connectivity index (χ0) is 14.5. The summed E-state index contributed by atoms with van der Waals surface area (Å²) in [5.41, 5.74) is 0.473. The normalized spacial score (nSPS) is 10.4. The Morgan fingerprint density at radius 1 is 1.20 bits per heavy atom. The number of alkyl halides is 2. The molecular weight excluding hydrogens is 268 g/mol. The van der Waals surface area contributed by atoms with Crippen molar-refractivity contribution in [1.82, 2.24) is 4.98 Å². The Kier molecular flexibility index (Phi) is 4.24. The van der Waals surface area contributed by atoms with Gasteiger partial charge in [0.25, 0.3) is 0 Å². The number of hydrogen-bond donors (Lipinski definition) is 0. The quantitative estimate of drug-likeness (QED) is 0.790. The van der Waals surface area contributed by atoms with E-state index in [-0.39, 0.29) is 17.2 Å². The summed E-state index contributed by atoms with van der Waals surface area (Å²) < 4.78 is 33.3. The number of rotatable bonds is 5. The number of benzene rings is 1. The summed E-state index contributed by atoms with van der Waals surface area (Å²) in [4.78, 5) is 16.2. The monoisotopic (exact) mass is 279 g/mol. The molecule has 1 heterocycles. The summed E-state index contributed by atoms with van der Waals surface area (Å²) in [6.45, 7) is -2.90. The molecule has 2 rings (SSSR count). The second kappa shape index (κ2) is 6.10. The molecule has 2 aromatic rings. The van der Waals surface area contributed by atoms with Crippen LogP contribution in [0.1, 0.15) is 16.1 Å². The minimum absolute atomic E-state index is 0.00969. The van der Waals surface area contributed by atoms with Gasteiger partial charge in [-0.1, -0.05) is 0 Å². The lowest BCUT2D eigenvalue weighted by Gasteiger charge is -2.07. The Bertz CT molecular complexity index is 600. The molecule has 4 nitrogen and oxygen atoms in total. The highest BCUT2D eigenvalue weighted by atomic mass is 19.3. The average molecular weight is 279 g/mol. The predicted octanol–water partition coefficient (Wildman–Crippen LogP) is 2.92. The van der Waals surface area contributed by atoms with Crippen molar-refractivity contribution < 1.29 is 23.0 Å². The van der Waals surface area contributed by atoms with Crippen molar-refractivity contribution in [1.29, 1.82) is 0 Å². The minimum atomic E-state index is -2.90. The van der Waals surface area contributed by atoms with E-state index in [0.717, 1.165) is 0 Å². The zero-order valence-corrected chi connectivity index (χ0v) is 10.5. The van der Waals surface area contributed by atoms with Crippen LogP contribution in [0.3, 0.4) is 0 Å². The highest BCUT2D eigenvalue weighted by molar-refractivity contribution is 6.09. The fourth-order valence-electron chi connectivity index (χ4n) is 1.65.